The topological polar surface area (TPSA) is 46.5 Å². The van der Waals surface area contributed by atoms with E-state index in [1.54, 1.807) is 18.2 Å². The first-order valence-corrected chi connectivity index (χ1v) is 6.20. The van der Waals surface area contributed by atoms with Gasteiger partial charge in [0.1, 0.15) is 11.5 Å². The SMILES string of the molecule is Cc1cc(Cl)ccc1Oc1ccc(C(=O)O)cc1Cl. The van der Waals surface area contributed by atoms with Crippen molar-refractivity contribution in [2.75, 3.05) is 0 Å². The number of hydrogen-bond acceptors (Lipinski definition) is 2. The molecule has 1 N–H and O–H groups in total. The second-order valence-corrected chi connectivity index (χ2v) is 4.81. The highest BCUT2D eigenvalue weighted by Gasteiger charge is 2.09. The van der Waals surface area contributed by atoms with E-state index in [1.807, 2.05) is 6.92 Å². The third-order valence-electron chi connectivity index (χ3n) is 2.54. The molecule has 0 aliphatic heterocycles. The van der Waals surface area contributed by atoms with Crippen molar-refractivity contribution in [2.24, 2.45) is 0 Å². The van der Waals surface area contributed by atoms with Crippen molar-refractivity contribution in [1.29, 1.82) is 0 Å². The summed E-state index contributed by atoms with van der Waals surface area (Å²) < 4.78 is 5.65. The zero-order chi connectivity index (χ0) is 14.0. The Kier molecular flexibility index (Phi) is 3.98. The highest BCUT2D eigenvalue weighted by molar-refractivity contribution is 6.32. The van der Waals surface area contributed by atoms with Gasteiger partial charge in [0.2, 0.25) is 0 Å². The maximum Gasteiger partial charge on any atom is 0.335 e. The standard InChI is InChI=1S/C14H10Cl2O3/c1-8-6-10(15)3-5-12(8)19-13-4-2-9(14(17)18)7-11(13)16/h2-7H,1H3,(H,17,18). The highest BCUT2D eigenvalue weighted by Crippen LogP contribution is 2.32. The lowest BCUT2D eigenvalue weighted by Crippen LogP contribution is -1.96. The Balaban J connectivity index is 2.31. The van der Waals surface area contributed by atoms with Crippen LogP contribution in [-0.2, 0) is 0 Å². The summed E-state index contributed by atoms with van der Waals surface area (Å²) in [5.41, 5.74) is 0.982. The van der Waals surface area contributed by atoms with Gasteiger partial charge in [0.15, 0.2) is 0 Å². The quantitative estimate of drug-likeness (QED) is 0.885. The molecule has 0 saturated carbocycles. The van der Waals surface area contributed by atoms with Crippen molar-refractivity contribution in [1.82, 2.24) is 0 Å². The molecule has 0 aliphatic rings. The predicted octanol–water partition coefficient (Wildman–Crippen LogP) is 4.79. The molecule has 0 amide bonds. The van der Waals surface area contributed by atoms with Gasteiger partial charge in [-0.05, 0) is 48.9 Å². The first kappa shape index (κ1) is 13.7. The van der Waals surface area contributed by atoms with Gasteiger partial charge in [0.05, 0.1) is 10.6 Å². The Morgan fingerprint density at radius 1 is 1.11 bits per heavy atom. The zero-order valence-electron chi connectivity index (χ0n) is 9.98. The number of benzene rings is 2. The summed E-state index contributed by atoms with van der Waals surface area (Å²) in [5.74, 6) is -0.0115. The fourth-order valence-corrected chi connectivity index (χ4v) is 2.01. The molecule has 98 valence electrons. The Morgan fingerprint density at radius 2 is 1.79 bits per heavy atom. The summed E-state index contributed by atoms with van der Waals surface area (Å²) in [4.78, 5) is 10.8. The fourth-order valence-electron chi connectivity index (χ4n) is 1.56. The number of carbonyl (C=O) groups is 1. The van der Waals surface area contributed by atoms with Crippen LogP contribution in [0.15, 0.2) is 36.4 Å². The van der Waals surface area contributed by atoms with Crippen LogP contribution in [0.2, 0.25) is 10.0 Å². The summed E-state index contributed by atoms with van der Waals surface area (Å²) in [7, 11) is 0. The Bertz CT molecular complexity index is 639. The minimum atomic E-state index is -1.03. The van der Waals surface area contributed by atoms with E-state index in [4.69, 9.17) is 33.0 Å². The molecule has 19 heavy (non-hydrogen) atoms. The molecule has 0 saturated heterocycles. The number of hydrogen-bond donors (Lipinski definition) is 1. The second kappa shape index (κ2) is 5.51. The van der Waals surface area contributed by atoms with Crippen LogP contribution in [0, 0.1) is 6.92 Å². The van der Waals surface area contributed by atoms with Gasteiger partial charge in [0.25, 0.3) is 0 Å². The molecule has 0 aromatic heterocycles. The summed E-state index contributed by atoms with van der Waals surface area (Å²) >= 11 is 11.9. The van der Waals surface area contributed by atoms with Gasteiger partial charge in [-0.25, -0.2) is 4.79 Å². The van der Waals surface area contributed by atoms with Gasteiger partial charge in [0, 0.05) is 5.02 Å². The van der Waals surface area contributed by atoms with Crippen molar-refractivity contribution < 1.29 is 14.6 Å². The van der Waals surface area contributed by atoms with Crippen molar-refractivity contribution in [3.05, 3.63) is 57.6 Å². The lowest BCUT2D eigenvalue weighted by atomic mass is 10.2. The molecule has 2 aromatic rings. The zero-order valence-corrected chi connectivity index (χ0v) is 11.5. The van der Waals surface area contributed by atoms with Gasteiger partial charge in [-0.15, -0.1) is 0 Å². The normalized spacial score (nSPS) is 10.3. The van der Waals surface area contributed by atoms with Crippen LogP contribution in [0.1, 0.15) is 15.9 Å². The third kappa shape index (κ3) is 3.19. The molecule has 3 nitrogen and oxygen atoms in total. The predicted molar refractivity (Wildman–Crippen MR) is 74.7 cm³/mol. The lowest BCUT2D eigenvalue weighted by Gasteiger charge is -2.10. The van der Waals surface area contributed by atoms with Gasteiger partial charge in [-0.1, -0.05) is 23.2 Å². The number of carboxylic acids is 1. The van der Waals surface area contributed by atoms with E-state index >= 15 is 0 Å². The monoisotopic (exact) mass is 296 g/mol. The summed E-state index contributed by atoms with van der Waals surface area (Å²) in [6, 6.07) is 9.54. The summed E-state index contributed by atoms with van der Waals surface area (Å²) in [6.45, 7) is 1.86. The van der Waals surface area contributed by atoms with Crippen LogP contribution in [0.25, 0.3) is 0 Å². The molecule has 0 radical (unpaired) electrons. The number of halogens is 2. The molecule has 0 unspecified atom stereocenters. The smallest absolute Gasteiger partial charge is 0.335 e. The van der Waals surface area contributed by atoms with E-state index in [2.05, 4.69) is 0 Å². The number of carboxylic acid groups (broad SMARTS) is 1. The average molecular weight is 297 g/mol. The van der Waals surface area contributed by atoms with Crippen molar-refractivity contribution in [3.8, 4) is 11.5 Å². The maximum absolute atomic E-state index is 10.8. The number of aryl methyl sites for hydroxylation is 1. The fraction of sp³-hybridized carbons (Fsp3) is 0.0714. The van der Waals surface area contributed by atoms with E-state index < -0.39 is 5.97 Å². The van der Waals surface area contributed by atoms with Gasteiger partial charge in [-0.2, -0.15) is 0 Å². The molecule has 5 heteroatoms. The minimum Gasteiger partial charge on any atom is -0.478 e. The van der Waals surface area contributed by atoms with E-state index in [9.17, 15) is 4.79 Å². The lowest BCUT2D eigenvalue weighted by molar-refractivity contribution is 0.0697. The van der Waals surface area contributed by atoms with Crippen LogP contribution >= 0.6 is 23.2 Å². The van der Waals surface area contributed by atoms with Crippen molar-refractivity contribution in [2.45, 2.75) is 6.92 Å². The van der Waals surface area contributed by atoms with Crippen molar-refractivity contribution >= 4 is 29.2 Å². The van der Waals surface area contributed by atoms with E-state index in [1.165, 1.54) is 18.2 Å². The van der Waals surface area contributed by atoms with Crippen molar-refractivity contribution in [3.63, 3.8) is 0 Å². The van der Waals surface area contributed by atoms with Gasteiger partial charge >= 0.3 is 5.97 Å². The number of rotatable bonds is 3. The van der Waals surface area contributed by atoms with E-state index in [0.717, 1.165) is 5.56 Å². The second-order valence-electron chi connectivity index (χ2n) is 3.96. The van der Waals surface area contributed by atoms with Gasteiger partial charge in [-0.3, -0.25) is 0 Å². The van der Waals surface area contributed by atoms with E-state index in [-0.39, 0.29) is 10.6 Å². The molecule has 0 atom stereocenters. The molecule has 0 aliphatic carbocycles. The molecular weight excluding hydrogens is 287 g/mol. The molecule has 2 aromatic carbocycles. The Morgan fingerprint density at radius 3 is 2.37 bits per heavy atom. The van der Waals surface area contributed by atoms with Crippen LogP contribution < -0.4 is 4.74 Å². The average Bonchev–Trinajstić information content (AvgIpc) is 2.34. The van der Waals surface area contributed by atoms with Gasteiger partial charge < -0.3 is 9.84 Å². The van der Waals surface area contributed by atoms with Crippen LogP contribution in [-0.4, -0.2) is 11.1 Å². The third-order valence-corrected chi connectivity index (χ3v) is 3.07. The van der Waals surface area contributed by atoms with Crippen LogP contribution in [0.4, 0.5) is 0 Å². The molecule has 0 bridgehead atoms. The van der Waals surface area contributed by atoms with E-state index in [0.29, 0.717) is 16.5 Å². The Hall–Kier alpha value is -1.71. The number of aromatic carboxylic acids is 1. The molecular formula is C14H10Cl2O3. The van der Waals surface area contributed by atoms with Crippen LogP contribution in [0.3, 0.4) is 0 Å². The summed E-state index contributed by atoms with van der Waals surface area (Å²) in [6.07, 6.45) is 0. The number of ether oxygens (including phenoxy) is 1. The Labute approximate surface area is 120 Å². The molecule has 0 heterocycles. The minimum absolute atomic E-state index is 0.116. The van der Waals surface area contributed by atoms with Crippen LogP contribution in [0.5, 0.6) is 11.5 Å². The first-order valence-electron chi connectivity index (χ1n) is 5.44. The highest BCUT2D eigenvalue weighted by atomic mass is 35.5. The molecule has 0 fully saturated rings. The first-order chi connectivity index (χ1) is 8.97. The maximum atomic E-state index is 10.8. The largest absolute Gasteiger partial charge is 0.478 e. The summed E-state index contributed by atoms with van der Waals surface area (Å²) in [5, 5.41) is 9.72. The molecule has 2 rings (SSSR count). The molecule has 0 spiro atoms.